The fourth-order valence-electron chi connectivity index (χ4n) is 1.36. The van der Waals surface area contributed by atoms with Crippen molar-refractivity contribution >= 4 is 17.4 Å². The second-order valence-corrected chi connectivity index (χ2v) is 3.89. The average Bonchev–Trinajstić information content (AvgIpc) is 2.29. The second kappa shape index (κ2) is 6.00. The zero-order valence-electron chi connectivity index (χ0n) is 10.2. The van der Waals surface area contributed by atoms with Gasteiger partial charge in [0.05, 0.1) is 11.7 Å². The van der Waals surface area contributed by atoms with Crippen LogP contribution in [-0.2, 0) is 4.79 Å². The van der Waals surface area contributed by atoms with Crippen molar-refractivity contribution in [2.75, 3.05) is 24.3 Å². The Hall–Kier alpha value is -1.88. The molecule has 0 bridgehead atoms. The maximum atomic E-state index is 11.7. The van der Waals surface area contributed by atoms with E-state index < -0.39 is 6.04 Å². The molecule has 1 unspecified atom stereocenters. The molecule has 92 valence electrons. The van der Waals surface area contributed by atoms with E-state index in [-0.39, 0.29) is 5.91 Å². The number of nitrogens with one attached hydrogen (secondary N) is 1. The monoisotopic (exact) mass is 234 g/mol. The number of hydrogen-bond acceptors (Lipinski definition) is 4. The predicted octanol–water partition coefficient (Wildman–Crippen LogP) is 0.989. The topological polar surface area (TPSA) is 71.2 Å². The van der Waals surface area contributed by atoms with Crippen molar-refractivity contribution < 1.29 is 4.79 Å². The SMILES string of the molecule is C=CCC(N)C(=O)Nc1cccnc1N(C)C. The lowest BCUT2D eigenvalue weighted by atomic mass is 10.2. The Morgan fingerprint density at radius 1 is 1.71 bits per heavy atom. The van der Waals surface area contributed by atoms with Crippen LogP contribution in [-0.4, -0.2) is 31.0 Å². The molecule has 0 radical (unpaired) electrons. The summed E-state index contributed by atoms with van der Waals surface area (Å²) in [5, 5.41) is 2.76. The molecule has 0 saturated carbocycles. The first-order chi connectivity index (χ1) is 8.06. The van der Waals surface area contributed by atoms with E-state index in [1.54, 1.807) is 24.4 Å². The van der Waals surface area contributed by atoms with Crippen molar-refractivity contribution in [3.05, 3.63) is 31.0 Å². The van der Waals surface area contributed by atoms with E-state index >= 15 is 0 Å². The van der Waals surface area contributed by atoms with Gasteiger partial charge in [-0.2, -0.15) is 0 Å². The van der Waals surface area contributed by atoms with E-state index in [0.717, 1.165) is 0 Å². The van der Waals surface area contributed by atoms with Gasteiger partial charge in [0.1, 0.15) is 0 Å². The van der Waals surface area contributed by atoms with Crippen LogP contribution >= 0.6 is 0 Å². The Bertz CT molecular complexity index is 403. The number of aromatic nitrogens is 1. The molecule has 1 heterocycles. The van der Waals surface area contributed by atoms with Crippen LogP contribution in [0.15, 0.2) is 31.0 Å². The van der Waals surface area contributed by atoms with Crippen LogP contribution in [0.2, 0.25) is 0 Å². The Morgan fingerprint density at radius 2 is 2.41 bits per heavy atom. The summed E-state index contributed by atoms with van der Waals surface area (Å²) >= 11 is 0. The molecule has 17 heavy (non-hydrogen) atoms. The van der Waals surface area contributed by atoms with Gasteiger partial charge in [0.15, 0.2) is 5.82 Å². The maximum Gasteiger partial charge on any atom is 0.241 e. The van der Waals surface area contributed by atoms with E-state index in [2.05, 4.69) is 16.9 Å². The van der Waals surface area contributed by atoms with Crippen molar-refractivity contribution in [3.8, 4) is 0 Å². The molecule has 0 saturated heterocycles. The van der Waals surface area contributed by atoms with E-state index in [9.17, 15) is 4.79 Å². The summed E-state index contributed by atoms with van der Waals surface area (Å²) in [5.41, 5.74) is 6.34. The molecular formula is C12H18N4O. The number of carbonyl (C=O) groups excluding carboxylic acids is 1. The summed E-state index contributed by atoms with van der Waals surface area (Å²) in [6.45, 7) is 3.56. The van der Waals surface area contributed by atoms with Gasteiger partial charge in [0.2, 0.25) is 5.91 Å². The van der Waals surface area contributed by atoms with Gasteiger partial charge in [-0.15, -0.1) is 6.58 Å². The molecule has 0 aliphatic heterocycles. The van der Waals surface area contributed by atoms with Crippen LogP contribution in [0, 0.1) is 0 Å². The molecule has 5 heteroatoms. The molecule has 0 spiro atoms. The van der Waals surface area contributed by atoms with E-state index in [4.69, 9.17) is 5.73 Å². The summed E-state index contributed by atoms with van der Waals surface area (Å²) in [6.07, 6.45) is 3.75. The van der Waals surface area contributed by atoms with Crippen LogP contribution in [0.4, 0.5) is 11.5 Å². The third kappa shape index (κ3) is 3.57. The lowest BCUT2D eigenvalue weighted by molar-refractivity contribution is -0.117. The Balaban J connectivity index is 2.81. The van der Waals surface area contributed by atoms with Gasteiger partial charge in [-0.3, -0.25) is 4.79 Å². The largest absolute Gasteiger partial charge is 0.361 e. The molecule has 1 atom stereocenters. The third-order valence-electron chi connectivity index (χ3n) is 2.23. The van der Waals surface area contributed by atoms with Gasteiger partial charge in [-0.25, -0.2) is 4.98 Å². The molecule has 1 aromatic heterocycles. The summed E-state index contributed by atoms with van der Waals surface area (Å²) in [4.78, 5) is 17.8. The smallest absolute Gasteiger partial charge is 0.241 e. The van der Waals surface area contributed by atoms with E-state index in [1.165, 1.54) is 0 Å². The standard InChI is InChI=1S/C12H18N4O/c1-4-6-9(13)12(17)15-10-7-5-8-14-11(10)16(2)3/h4-5,7-9H,1,6,13H2,2-3H3,(H,15,17). The lowest BCUT2D eigenvalue weighted by Gasteiger charge is -2.17. The number of pyridine rings is 1. The molecule has 1 aromatic rings. The number of rotatable bonds is 5. The molecule has 0 aliphatic carbocycles. The Kier molecular flexibility index (Phi) is 4.66. The van der Waals surface area contributed by atoms with Gasteiger partial charge >= 0.3 is 0 Å². The van der Waals surface area contributed by atoms with Crippen molar-refractivity contribution in [2.45, 2.75) is 12.5 Å². The van der Waals surface area contributed by atoms with Gasteiger partial charge in [-0.05, 0) is 18.6 Å². The minimum Gasteiger partial charge on any atom is -0.361 e. The van der Waals surface area contributed by atoms with Gasteiger partial charge in [0.25, 0.3) is 0 Å². The highest BCUT2D eigenvalue weighted by molar-refractivity contribution is 5.97. The first-order valence-electron chi connectivity index (χ1n) is 5.36. The van der Waals surface area contributed by atoms with Gasteiger partial charge in [-0.1, -0.05) is 6.08 Å². The van der Waals surface area contributed by atoms with Gasteiger partial charge < -0.3 is 16.0 Å². The minimum absolute atomic E-state index is 0.235. The van der Waals surface area contributed by atoms with Crippen molar-refractivity contribution in [1.82, 2.24) is 4.98 Å². The van der Waals surface area contributed by atoms with Crippen molar-refractivity contribution in [3.63, 3.8) is 0 Å². The van der Waals surface area contributed by atoms with E-state index in [1.807, 2.05) is 19.0 Å². The van der Waals surface area contributed by atoms with Crippen molar-refractivity contribution in [1.29, 1.82) is 0 Å². The van der Waals surface area contributed by atoms with Crippen LogP contribution < -0.4 is 16.0 Å². The normalized spacial score (nSPS) is 11.7. The summed E-state index contributed by atoms with van der Waals surface area (Å²) in [7, 11) is 3.73. The number of nitrogens with two attached hydrogens (primary N) is 1. The summed E-state index contributed by atoms with van der Waals surface area (Å²) in [6, 6.07) is 2.98. The average molecular weight is 234 g/mol. The maximum absolute atomic E-state index is 11.7. The molecule has 5 nitrogen and oxygen atoms in total. The second-order valence-electron chi connectivity index (χ2n) is 3.89. The molecule has 0 aliphatic rings. The van der Waals surface area contributed by atoms with Crippen LogP contribution in [0.1, 0.15) is 6.42 Å². The summed E-state index contributed by atoms with van der Waals surface area (Å²) < 4.78 is 0. The highest BCUT2D eigenvalue weighted by Crippen LogP contribution is 2.20. The number of anilines is 2. The zero-order chi connectivity index (χ0) is 12.8. The Morgan fingerprint density at radius 3 is 3.00 bits per heavy atom. The van der Waals surface area contributed by atoms with Crippen LogP contribution in [0.25, 0.3) is 0 Å². The minimum atomic E-state index is -0.581. The fourth-order valence-corrected chi connectivity index (χ4v) is 1.36. The van der Waals surface area contributed by atoms with Crippen LogP contribution in [0.3, 0.4) is 0 Å². The molecule has 3 N–H and O–H groups in total. The molecule has 0 fully saturated rings. The quantitative estimate of drug-likeness (QED) is 0.745. The van der Waals surface area contributed by atoms with Gasteiger partial charge in [0, 0.05) is 20.3 Å². The predicted molar refractivity (Wildman–Crippen MR) is 70.0 cm³/mol. The third-order valence-corrected chi connectivity index (χ3v) is 2.23. The number of nitrogens with zero attached hydrogens (tertiary/aromatic N) is 2. The fraction of sp³-hybridized carbons (Fsp3) is 0.333. The lowest BCUT2D eigenvalue weighted by Crippen LogP contribution is -2.35. The molecule has 1 amide bonds. The first-order valence-corrected chi connectivity index (χ1v) is 5.36. The molecule has 0 aromatic carbocycles. The number of carbonyl (C=O) groups is 1. The molecule has 1 rings (SSSR count). The Labute approximate surface area is 101 Å². The highest BCUT2D eigenvalue weighted by Gasteiger charge is 2.14. The highest BCUT2D eigenvalue weighted by atomic mass is 16.2. The zero-order valence-corrected chi connectivity index (χ0v) is 10.2. The van der Waals surface area contributed by atoms with Crippen LogP contribution in [0.5, 0.6) is 0 Å². The first kappa shape index (κ1) is 13.2. The van der Waals surface area contributed by atoms with E-state index in [0.29, 0.717) is 17.9 Å². The molecular weight excluding hydrogens is 216 g/mol. The summed E-state index contributed by atoms with van der Waals surface area (Å²) in [5.74, 6) is 0.465. The van der Waals surface area contributed by atoms with Crippen molar-refractivity contribution in [2.24, 2.45) is 5.73 Å². The number of amides is 1. The number of hydrogen-bond donors (Lipinski definition) is 2.